The smallest absolute Gasteiger partial charge is 0.161 e. The highest BCUT2D eigenvalue weighted by atomic mass is 16.3. The second kappa shape index (κ2) is 11.4. The van der Waals surface area contributed by atoms with E-state index in [1.165, 1.54) is 0 Å². The minimum absolute atomic E-state index is 0.686. The van der Waals surface area contributed by atoms with Crippen LogP contribution >= 0.6 is 0 Å². The van der Waals surface area contributed by atoms with E-state index in [-0.39, 0.29) is 0 Å². The molecule has 0 saturated carbocycles. The molecule has 0 aliphatic heterocycles. The summed E-state index contributed by atoms with van der Waals surface area (Å²) in [4.78, 5) is 10.5. The molecule has 0 N–H and O–H groups in total. The zero-order valence-corrected chi connectivity index (χ0v) is 27.0. The molecule has 0 aliphatic carbocycles. The standard InChI is InChI=1S/C46H29N3O/c1-4-15-30(16-5-1)33-27-37-34-21-11-13-26-43(34)50-45(37)42(28-33)49-40-24-12-10-22-35(40)44-36(23-14-25-41(44)49)46-47-38(31-17-6-2-7-18-31)29-39(48-46)32-19-8-3-9-20-32/h1-29H. The van der Waals surface area contributed by atoms with Crippen LogP contribution in [0.25, 0.3) is 94.5 Å². The largest absolute Gasteiger partial charge is 0.454 e. The number of rotatable bonds is 5. The first-order valence-corrected chi connectivity index (χ1v) is 16.8. The van der Waals surface area contributed by atoms with Crippen molar-refractivity contribution in [3.05, 3.63) is 176 Å². The molecule has 3 aromatic heterocycles. The van der Waals surface area contributed by atoms with Gasteiger partial charge in [-0.2, -0.15) is 0 Å². The Morgan fingerprint density at radius 2 is 1.00 bits per heavy atom. The Bertz CT molecular complexity index is 2800. The number of furan rings is 1. The van der Waals surface area contributed by atoms with Crippen molar-refractivity contribution in [1.29, 1.82) is 0 Å². The van der Waals surface area contributed by atoms with Gasteiger partial charge in [0.1, 0.15) is 5.58 Å². The van der Waals surface area contributed by atoms with Gasteiger partial charge in [0.15, 0.2) is 11.4 Å². The number of para-hydroxylation sites is 2. The summed E-state index contributed by atoms with van der Waals surface area (Å²) in [7, 11) is 0. The van der Waals surface area contributed by atoms with Crippen LogP contribution in [-0.4, -0.2) is 14.5 Å². The molecule has 4 nitrogen and oxygen atoms in total. The first kappa shape index (κ1) is 28.3. The molecule has 7 aromatic carbocycles. The highest BCUT2D eigenvalue weighted by Gasteiger charge is 2.22. The van der Waals surface area contributed by atoms with Crippen LogP contribution in [0.1, 0.15) is 0 Å². The molecule has 50 heavy (non-hydrogen) atoms. The molecule has 4 heteroatoms. The van der Waals surface area contributed by atoms with Gasteiger partial charge in [0.2, 0.25) is 0 Å². The maximum atomic E-state index is 6.69. The van der Waals surface area contributed by atoms with Crippen molar-refractivity contribution in [3.63, 3.8) is 0 Å². The molecule has 3 heterocycles. The Balaban J connectivity index is 1.29. The quantitative estimate of drug-likeness (QED) is 0.188. The minimum Gasteiger partial charge on any atom is -0.454 e. The van der Waals surface area contributed by atoms with E-state index in [0.29, 0.717) is 5.82 Å². The fraction of sp³-hybridized carbons (Fsp3) is 0. The average molecular weight is 640 g/mol. The first-order chi connectivity index (χ1) is 24.8. The predicted octanol–water partition coefficient (Wildman–Crippen LogP) is 12.1. The molecule has 0 spiro atoms. The summed E-state index contributed by atoms with van der Waals surface area (Å²) in [6, 6.07) is 61.2. The van der Waals surface area contributed by atoms with Crippen LogP contribution in [0.4, 0.5) is 0 Å². The van der Waals surface area contributed by atoms with E-state index >= 15 is 0 Å². The number of aromatic nitrogens is 3. The molecule has 0 unspecified atom stereocenters. The minimum atomic E-state index is 0.686. The van der Waals surface area contributed by atoms with E-state index in [1.54, 1.807) is 0 Å². The summed E-state index contributed by atoms with van der Waals surface area (Å²) in [5, 5.41) is 4.41. The molecule has 10 rings (SSSR count). The summed E-state index contributed by atoms with van der Waals surface area (Å²) in [6.07, 6.45) is 0. The lowest BCUT2D eigenvalue weighted by Gasteiger charge is -2.12. The SMILES string of the molecule is c1ccc(-c2cc(-n3c4ccccc4c4c(-c5nc(-c6ccccc6)cc(-c6ccccc6)n5)cccc43)c3oc4ccccc4c3c2)cc1. The lowest BCUT2D eigenvalue weighted by atomic mass is 10.0. The number of benzene rings is 7. The average Bonchev–Trinajstić information content (AvgIpc) is 3.74. The van der Waals surface area contributed by atoms with E-state index in [9.17, 15) is 0 Å². The zero-order chi connectivity index (χ0) is 33.0. The van der Waals surface area contributed by atoms with E-state index < -0.39 is 0 Å². The second-order valence-electron chi connectivity index (χ2n) is 12.6. The van der Waals surface area contributed by atoms with Crippen LogP contribution < -0.4 is 0 Å². The van der Waals surface area contributed by atoms with Crippen LogP contribution in [0.15, 0.2) is 180 Å². The molecule has 0 bridgehead atoms. The second-order valence-corrected chi connectivity index (χ2v) is 12.6. The van der Waals surface area contributed by atoms with Crippen LogP contribution in [0, 0.1) is 0 Å². The Labute approximate surface area is 288 Å². The van der Waals surface area contributed by atoms with E-state index in [0.717, 1.165) is 88.6 Å². The van der Waals surface area contributed by atoms with Gasteiger partial charge in [0.25, 0.3) is 0 Å². The van der Waals surface area contributed by atoms with Gasteiger partial charge in [-0.25, -0.2) is 9.97 Å². The van der Waals surface area contributed by atoms with Crippen molar-refractivity contribution in [2.24, 2.45) is 0 Å². The molecule has 234 valence electrons. The maximum absolute atomic E-state index is 6.69. The van der Waals surface area contributed by atoms with Gasteiger partial charge in [-0.1, -0.05) is 140 Å². The molecule has 0 amide bonds. The maximum Gasteiger partial charge on any atom is 0.161 e. The lowest BCUT2D eigenvalue weighted by molar-refractivity contribution is 0.666. The van der Waals surface area contributed by atoms with Crippen LogP contribution in [0.5, 0.6) is 0 Å². The van der Waals surface area contributed by atoms with Crippen molar-refractivity contribution in [1.82, 2.24) is 14.5 Å². The topological polar surface area (TPSA) is 43.9 Å². The highest BCUT2D eigenvalue weighted by Crippen LogP contribution is 2.43. The molecule has 10 aromatic rings. The molecule has 0 aliphatic rings. The monoisotopic (exact) mass is 639 g/mol. The van der Waals surface area contributed by atoms with Crippen LogP contribution in [0.3, 0.4) is 0 Å². The van der Waals surface area contributed by atoms with Crippen molar-refractivity contribution < 1.29 is 4.42 Å². The van der Waals surface area contributed by atoms with Crippen LogP contribution in [0.2, 0.25) is 0 Å². The molecule has 0 saturated heterocycles. The number of fused-ring (bicyclic) bond motifs is 6. The lowest BCUT2D eigenvalue weighted by Crippen LogP contribution is -1.97. The summed E-state index contributed by atoms with van der Waals surface area (Å²) < 4.78 is 9.05. The molecule has 0 fully saturated rings. The van der Waals surface area contributed by atoms with Crippen LogP contribution in [-0.2, 0) is 0 Å². The first-order valence-electron chi connectivity index (χ1n) is 16.8. The van der Waals surface area contributed by atoms with Crippen molar-refractivity contribution in [2.45, 2.75) is 0 Å². The number of nitrogens with zero attached hydrogens (tertiary/aromatic N) is 3. The van der Waals surface area contributed by atoms with Gasteiger partial charge in [0.05, 0.1) is 28.1 Å². The van der Waals surface area contributed by atoms with Gasteiger partial charge in [-0.15, -0.1) is 0 Å². The predicted molar refractivity (Wildman–Crippen MR) is 205 cm³/mol. The van der Waals surface area contributed by atoms with Gasteiger partial charge >= 0.3 is 0 Å². The number of hydrogen-bond donors (Lipinski definition) is 0. The Morgan fingerprint density at radius 3 is 1.70 bits per heavy atom. The van der Waals surface area contributed by atoms with Gasteiger partial charge in [0, 0.05) is 38.2 Å². The van der Waals surface area contributed by atoms with E-state index in [4.69, 9.17) is 14.4 Å². The Morgan fingerprint density at radius 1 is 0.420 bits per heavy atom. The normalized spacial score (nSPS) is 11.6. The molecule has 0 atom stereocenters. The van der Waals surface area contributed by atoms with Crippen molar-refractivity contribution in [3.8, 4) is 50.7 Å². The summed E-state index contributed by atoms with van der Waals surface area (Å²) in [5.74, 6) is 0.686. The fourth-order valence-electron chi connectivity index (χ4n) is 7.32. The third kappa shape index (κ3) is 4.54. The Kier molecular flexibility index (Phi) is 6.46. The van der Waals surface area contributed by atoms with Gasteiger partial charge in [-0.05, 0) is 47.5 Å². The highest BCUT2D eigenvalue weighted by molar-refractivity contribution is 6.17. The van der Waals surface area contributed by atoms with Gasteiger partial charge in [-0.3, -0.25) is 0 Å². The Hall–Kier alpha value is -6.78. The van der Waals surface area contributed by atoms with Gasteiger partial charge < -0.3 is 8.98 Å². The summed E-state index contributed by atoms with van der Waals surface area (Å²) >= 11 is 0. The molecular weight excluding hydrogens is 611 g/mol. The van der Waals surface area contributed by atoms with E-state index in [2.05, 4.69) is 156 Å². The molecular formula is C46H29N3O. The number of hydrogen-bond acceptors (Lipinski definition) is 3. The summed E-state index contributed by atoms with van der Waals surface area (Å²) in [5.41, 5.74) is 12.0. The fourth-order valence-corrected chi connectivity index (χ4v) is 7.32. The molecule has 0 radical (unpaired) electrons. The zero-order valence-electron chi connectivity index (χ0n) is 27.0. The van der Waals surface area contributed by atoms with Crippen molar-refractivity contribution >= 4 is 43.7 Å². The third-order valence-corrected chi connectivity index (χ3v) is 9.61. The summed E-state index contributed by atoms with van der Waals surface area (Å²) in [6.45, 7) is 0. The van der Waals surface area contributed by atoms with Crippen molar-refractivity contribution in [2.75, 3.05) is 0 Å². The van der Waals surface area contributed by atoms with E-state index in [1.807, 2.05) is 24.3 Å². The third-order valence-electron chi connectivity index (χ3n) is 9.61.